The maximum Gasteiger partial charge on any atom is 0.152 e. The van der Waals surface area contributed by atoms with E-state index in [2.05, 4.69) is 41.7 Å². The van der Waals surface area contributed by atoms with Gasteiger partial charge < -0.3 is 15.2 Å². The number of fused-ring (bicyclic) bond motifs is 1. The van der Waals surface area contributed by atoms with E-state index in [0.29, 0.717) is 6.54 Å². The van der Waals surface area contributed by atoms with Crippen LogP contribution in [0.5, 0.6) is 0 Å². The average Bonchev–Trinajstić information content (AvgIpc) is 2.85. The predicted molar refractivity (Wildman–Crippen MR) is 73.1 cm³/mol. The van der Waals surface area contributed by atoms with Gasteiger partial charge in [0.1, 0.15) is 6.33 Å². The average molecular weight is 308 g/mol. The molecule has 0 saturated carbocycles. The Balaban J connectivity index is 1.95. The molecule has 0 spiro atoms. The Kier molecular flexibility index (Phi) is 3.05. The summed E-state index contributed by atoms with van der Waals surface area (Å²) >= 11 is 3.56. The largest absolute Gasteiger partial charge is 0.362 e. The summed E-state index contributed by atoms with van der Waals surface area (Å²) in [6.07, 6.45) is 1.79. The molecule has 0 amide bonds. The van der Waals surface area contributed by atoms with Crippen molar-refractivity contribution < 1.29 is 0 Å². The zero-order valence-electron chi connectivity index (χ0n) is 9.88. The van der Waals surface area contributed by atoms with E-state index in [-0.39, 0.29) is 0 Å². The second-order valence-electron chi connectivity index (χ2n) is 4.30. The first-order valence-electron chi connectivity index (χ1n) is 5.88. The van der Waals surface area contributed by atoms with Crippen molar-refractivity contribution in [3.8, 4) is 0 Å². The Morgan fingerprint density at radius 1 is 1.33 bits per heavy atom. The van der Waals surface area contributed by atoms with Crippen molar-refractivity contribution in [2.75, 3.05) is 11.4 Å². The maximum atomic E-state index is 5.84. The molecule has 0 unspecified atom stereocenters. The van der Waals surface area contributed by atoms with Gasteiger partial charge in [-0.1, -0.05) is 22.0 Å². The van der Waals surface area contributed by atoms with Crippen LogP contribution in [0.1, 0.15) is 11.4 Å². The normalized spacial score (nSPS) is 14.7. The van der Waals surface area contributed by atoms with Crippen molar-refractivity contribution in [3.63, 3.8) is 0 Å². The summed E-state index contributed by atoms with van der Waals surface area (Å²) in [7, 11) is 0. The fraction of sp³-hybridized carbons (Fsp3) is 0.333. The van der Waals surface area contributed by atoms with Gasteiger partial charge in [0, 0.05) is 35.4 Å². The van der Waals surface area contributed by atoms with Crippen molar-refractivity contribution in [1.82, 2.24) is 14.8 Å². The molecule has 2 N–H and O–H groups in total. The van der Waals surface area contributed by atoms with E-state index in [1.54, 1.807) is 6.33 Å². The molecule has 2 heterocycles. The molecule has 0 fully saturated rings. The zero-order valence-corrected chi connectivity index (χ0v) is 11.5. The summed E-state index contributed by atoms with van der Waals surface area (Å²) in [6.45, 7) is 3.18. The fourth-order valence-electron chi connectivity index (χ4n) is 2.32. The van der Waals surface area contributed by atoms with Gasteiger partial charge >= 0.3 is 0 Å². The molecule has 5 nitrogen and oxygen atoms in total. The van der Waals surface area contributed by atoms with Crippen LogP contribution in [0.3, 0.4) is 0 Å². The van der Waals surface area contributed by atoms with Crippen molar-refractivity contribution >= 4 is 21.6 Å². The third kappa shape index (κ3) is 1.91. The highest BCUT2D eigenvalue weighted by atomic mass is 79.9. The van der Waals surface area contributed by atoms with E-state index in [0.717, 1.165) is 35.5 Å². The smallest absolute Gasteiger partial charge is 0.152 e. The lowest BCUT2D eigenvalue weighted by atomic mass is 10.1. The molecular formula is C12H14BrN5. The lowest BCUT2D eigenvalue weighted by molar-refractivity contribution is 0.558. The van der Waals surface area contributed by atoms with E-state index in [1.807, 2.05) is 12.1 Å². The Morgan fingerprint density at radius 3 is 3.06 bits per heavy atom. The molecular weight excluding hydrogens is 294 g/mol. The fourth-order valence-corrected chi connectivity index (χ4v) is 2.84. The standard InChI is InChI=1S/C12H14BrN5/c13-10-2-1-3-11(9(10)6-14)17-4-5-18-8-15-16-12(18)7-17/h1-3,8H,4-7,14H2. The molecule has 1 aliphatic rings. The van der Waals surface area contributed by atoms with E-state index in [9.17, 15) is 0 Å². The molecule has 1 aromatic carbocycles. The van der Waals surface area contributed by atoms with Gasteiger partial charge in [-0.15, -0.1) is 10.2 Å². The van der Waals surface area contributed by atoms with Crippen LogP contribution in [-0.2, 0) is 19.6 Å². The lowest BCUT2D eigenvalue weighted by Gasteiger charge is -2.30. The Bertz CT molecular complexity index is 565. The van der Waals surface area contributed by atoms with Gasteiger partial charge in [0.15, 0.2) is 5.82 Å². The molecule has 0 radical (unpaired) electrons. The van der Waals surface area contributed by atoms with Crippen LogP contribution in [-0.4, -0.2) is 21.3 Å². The first-order valence-corrected chi connectivity index (χ1v) is 6.68. The van der Waals surface area contributed by atoms with Gasteiger partial charge in [-0.25, -0.2) is 0 Å². The number of rotatable bonds is 2. The summed E-state index contributed by atoms with van der Waals surface area (Å²) in [5.74, 6) is 1.00. The highest BCUT2D eigenvalue weighted by Gasteiger charge is 2.20. The Hall–Kier alpha value is -1.40. The molecule has 6 heteroatoms. The topological polar surface area (TPSA) is 60.0 Å². The van der Waals surface area contributed by atoms with E-state index < -0.39 is 0 Å². The monoisotopic (exact) mass is 307 g/mol. The minimum absolute atomic E-state index is 0.528. The second kappa shape index (κ2) is 4.70. The van der Waals surface area contributed by atoms with Crippen molar-refractivity contribution in [1.29, 1.82) is 0 Å². The van der Waals surface area contributed by atoms with Gasteiger partial charge in [0.25, 0.3) is 0 Å². The zero-order chi connectivity index (χ0) is 12.5. The number of nitrogens with two attached hydrogens (primary N) is 1. The van der Waals surface area contributed by atoms with Crippen LogP contribution in [0.4, 0.5) is 5.69 Å². The van der Waals surface area contributed by atoms with Crippen LogP contribution in [0, 0.1) is 0 Å². The van der Waals surface area contributed by atoms with Gasteiger partial charge in [0.2, 0.25) is 0 Å². The highest BCUT2D eigenvalue weighted by Crippen LogP contribution is 2.29. The summed E-state index contributed by atoms with van der Waals surface area (Å²) in [4.78, 5) is 2.30. The summed E-state index contributed by atoms with van der Waals surface area (Å²) < 4.78 is 3.16. The molecule has 94 valence electrons. The molecule has 1 aromatic heterocycles. The van der Waals surface area contributed by atoms with Crippen molar-refractivity contribution in [3.05, 3.63) is 40.4 Å². The minimum atomic E-state index is 0.528. The third-order valence-electron chi connectivity index (χ3n) is 3.28. The van der Waals surface area contributed by atoms with Crippen LogP contribution >= 0.6 is 15.9 Å². The van der Waals surface area contributed by atoms with E-state index in [1.165, 1.54) is 5.69 Å². The minimum Gasteiger partial charge on any atom is -0.362 e. The summed E-state index contributed by atoms with van der Waals surface area (Å²) in [6, 6.07) is 6.18. The van der Waals surface area contributed by atoms with Gasteiger partial charge in [-0.3, -0.25) is 0 Å². The SMILES string of the molecule is NCc1c(Br)cccc1N1CCn2cnnc2C1. The van der Waals surface area contributed by atoms with E-state index in [4.69, 9.17) is 5.73 Å². The van der Waals surface area contributed by atoms with Crippen LogP contribution in [0.25, 0.3) is 0 Å². The molecule has 2 aromatic rings. The number of halogens is 1. The third-order valence-corrected chi connectivity index (χ3v) is 4.02. The lowest BCUT2D eigenvalue weighted by Crippen LogP contribution is -2.34. The number of hydrogen-bond acceptors (Lipinski definition) is 4. The first-order chi connectivity index (χ1) is 8.79. The number of aromatic nitrogens is 3. The summed E-state index contributed by atoms with van der Waals surface area (Å²) in [5.41, 5.74) is 8.17. The molecule has 18 heavy (non-hydrogen) atoms. The number of benzene rings is 1. The molecule has 1 aliphatic heterocycles. The Morgan fingerprint density at radius 2 is 2.22 bits per heavy atom. The molecule has 0 saturated heterocycles. The number of nitrogens with zero attached hydrogens (tertiary/aromatic N) is 4. The first kappa shape index (κ1) is 11.7. The molecule has 3 rings (SSSR count). The van der Waals surface area contributed by atoms with Crippen molar-refractivity contribution in [2.45, 2.75) is 19.6 Å². The van der Waals surface area contributed by atoms with Gasteiger partial charge in [-0.05, 0) is 12.1 Å². The predicted octanol–water partition coefficient (Wildman–Crippen LogP) is 1.52. The van der Waals surface area contributed by atoms with Crippen LogP contribution in [0.15, 0.2) is 29.0 Å². The van der Waals surface area contributed by atoms with Gasteiger partial charge in [0.05, 0.1) is 6.54 Å². The second-order valence-corrected chi connectivity index (χ2v) is 5.16. The maximum absolute atomic E-state index is 5.84. The summed E-state index contributed by atoms with van der Waals surface area (Å²) in [5, 5.41) is 8.08. The van der Waals surface area contributed by atoms with Crippen molar-refractivity contribution in [2.24, 2.45) is 5.73 Å². The number of hydrogen-bond donors (Lipinski definition) is 1. The quantitative estimate of drug-likeness (QED) is 0.914. The van der Waals surface area contributed by atoms with Crippen LogP contribution < -0.4 is 10.6 Å². The van der Waals surface area contributed by atoms with Gasteiger partial charge in [-0.2, -0.15) is 0 Å². The molecule has 0 bridgehead atoms. The van der Waals surface area contributed by atoms with Crippen LogP contribution in [0.2, 0.25) is 0 Å². The Labute approximate surface area is 114 Å². The molecule has 0 atom stereocenters. The number of anilines is 1. The van der Waals surface area contributed by atoms with E-state index >= 15 is 0 Å². The highest BCUT2D eigenvalue weighted by molar-refractivity contribution is 9.10. The molecule has 0 aliphatic carbocycles.